The van der Waals surface area contributed by atoms with Crippen molar-refractivity contribution in [1.29, 1.82) is 0 Å². The fourth-order valence-electron chi connectivity index (χ4n) is 7.50. The van der Waals surface area contributed by atoms with E-state index in [-0.39, 0.29) is 11.2 Å². The first kappa shape index (κ1) is 24.9. The molecule has 0 spiro atoms. The van der Waals surface area contributed by atoms with Gasteiger partial charge in [0.05, 0.1) is 23.7 Å². The Balaban J connectivity index is 1.44. The van der Waals surface area contributed by atoms with Gasteiger partial charge < -0.3 is 15.3 Å². The molecule has 0 bridgehead atoms. The van der Waals surface area contributed by atoms with Crippen LogP contribution in [0.25, 0.3) is 0 Å². The summed E-state index contributed by atoms with van der Waals surface area (Å²) < 4.78 is 0. The third-order valence-corrected chi connectivity index (χ3v) is 9.57. The summed E-state index contributed by atoms with van der Waals surface area (Å²) in [6, 6.07) is 0. The number of ketones is 1. The monoisotopic (exact) mass is 456 g/mol. The fourth-order valence-corrected chi connectivity index (χ4v) is 7.50. The van der Waals surface area contributed by atoms with Crippen molar-refractivity contribution in [1.82, 2.24) is 0 Å². The Kier molecular flexibility index (Phi) is 7.38. The first-order valence-electron chi connectivity index (χ1n) is 13.3. The first-order valence-corrected chi connectivity index (χ1v) is 13.3. The van der Waals surface area contributed by atoms with Gasteiger partial charge in [-0.05, 0) is 87.4 Å². The van der Waals surface area contributed by atoms with Crippen molar-refractivity contribution in [3.63, 3.8) is 0 Å². The molecule has 0 aromatic rings. The van der Waals surface area contributed by atoms with E-state index in [0.717, 1.165) is 24.8 Å². The van der Waals surface area contributed by atoms with Gasteiger partial charge >= 0.3 is 0 Å². The van der Waals surface area contributed by atoms with Gasteiger partial charge in [0.25, 0.3) is 0 Å². The smallest absolute Gasteiger partial charge is 0.141 e. The molecule has 0 heterocycles. The molecule has 33 heavy (non-hydrogen) atoms. The van der Waals surface area contributed by atoms with Crippen molar-refractivity contribution < 1.29 is 20.1 Å². The van der Waals surface area contributed by atoms with Crippen molar-refractivity contribution in [3.8, 4) is 0 Å². The molecule has 0 unspecified atom stereocenters. The molecule has 4 heteroatoms. The van der Waals surface area contributed by atoms with E-state index in [4.69, 9.17) is 0 Å². The average molecular weight is 457 g/mol. The van der Waals surface area contributed by atoms with Crippen molar-refractivity contribution in [2.24, 2.45) is 28.6 Å². The summed E-state index contributed by atoms with van der Waals surface area (Å²) in [7, 11) is 0. The predicted octanol–water partition coefficient (Wildman–Crippen LogP) is 5.27. The molecule has 4 fully saturated rings. The third-order valence-electron chi connectivity index (χ3n) is 9.57. The molecule has 0 radical (unpaired) electrons. The fraction of sp³-hybridized carbons (Fsp3) is 0.759. The first-order chi connectivity index (χ1) is 15.7. The van der Waals surface area contributed by atoms with Crippen LogP contribution in [0.2, 0.25) is 0 Å². The van der Waals surface area contributed by atoms with Gasteiger partial charge in [0.1, 0.15) is 5.78 Å². The van der Waals surface area contributed by atoms with Gasteiger partial charge in [0, 0.05) is 6.42 Å². The van der Waals surface area contributed by atoms with Crippen LogP contribution in [0.1, 0.15) is 91.4 Å². The molecule has 0 saturated heterocycles. The Hall–Kier alpha value is -1.23. The number of aliphatic hydroxyl groups is 3. The highest BCUT2D eigenvalue weighted by atomic mass is 16.3. The molecule has 4 aliphatic rings. The molecule has 0 aromatic carbocycles. The van der Waals surface area contributed by atoms with Crippen LogP contribution >= 0.6 is 0 Å². The summed E-state index contributed by atoms with van der Waals surface area (Å²) in [6.45, 7) is 6.64. The van der Waals surface area contributed by atoms with Crippen LogP contribution in [0.4, 0.5) is 0 Å². The minimum Gasteiger partial charge on any atom is -0.393 e. The molecule has 4 aliphatic carbocycles. The quantitative estimate of drug-likeness (QED) is 0.456. The Morgan fingerprint density at radius 3 is 2.42 bits per heavy atom. The van der Waals surface area contributed by atoms with Gasteiger partial charge in [0.15, 0.2) is 0 Å². The van der Waals surface area contributed by atoms with Gasteiger partial charge in [-0.15, -0.1) is 0 Å². The highest BCUT2D eigenvalue weighted by Gasteiger charge is 2.53. The molecule has 3 N–H and O–H groups in total. The molecule has 184 valence electrons. The lowest BCUT2D eigenvalue weighted by Crippen LogP contribution is -2.35. The van der Waals surface area contributed by atoms with Crippen molar-refractivity contribution in [3.05, 3.63) is 35.5 Å². The molecule has 4 nitrogen and oxygen atoms in total. The van der Waals surface area contributed by atoms with Crippen molar-refractivity contribution in [2.75, 3.05) is 0 Å². The Bertz CT molecular complexity index is 807. The summed E-state index contributed by atoms with van der Waals surface area (Å²) >= 11 is 0. The maximum Gasteiger partial charge on any atom is 0.141 e. The van der Waals surface area contributed by atoms with Crippen molar-refractivity contribution >= 4 is 5.78 Å². The Morgan fingerprint density at radius 2 is 1.79 bits per heavy atom. The van der Waals surface area contributed by atoms with E-state index in [2.05, 4.69) is 32.1 Å². The Labute approximate surface area is 199 Å². The second-order valence-electron chi connectivity index (χ2n) is 11.7. The second kappa shape index (κ2) is 9.79. The zero-order valence-corrected chi connectivity index (χ0v) is 20.8. The van der Waals surface area contributed by atoms with Gasteiger partial charge in [-0.25, -0.2) is 0 Å². The van der Waals surface area contributed by atoms with Crippen LogP contribution in [0.3, 0.4) is 0 Å². The average Bonchev–Trinajstić information content (AvgIpc) is 3.51. The number of aliphatic hydroxyl groups excluding tert-OH is 3. The maximum atomic E-state index is 12.3. The number of fused-ring (bicyclic) bond motifs is 1. The number of carbonyl (C=O) groups excluding carboxylic acids is 1. The molecule has 4 saturated carbocycles. The van der Waals surface area contributed by atoms with Crippen LogP contribution in [-0.2, 0) is 4.79 Å². The number of rotatable bonds is 7. The normalized spacial score (nSPS) is 38.8. The number of Topliss-reactive ketones (excluding diaryl/α,β-unsaturated/α-hetero) is 1. The van der Waals surface area contributed by atoms with E-state index in [1.807, 2.05) is 13.0 Å². The van der Waals surface area contributed by atoms with E-state index in [1.165, 1.54) is 31.3 Å². The summed E-state index contributed by atoms with van der Waals surface area (Å²) in [6.07, 6.45) is 17.1. The van der Waals surface area contributed by atoms with Crippen LogP contribution < -0.4 is 0 Å². The minimum atomic E-state index is -0.646. The van der Waals surface area contributed by atoms with E-state index in [0.29, 0.717) is 43.4 Å². The van der Waals surface area contributed by atoms with E-state index in [1.54, 1.807) is 0 Å². The maximum absolute atomic E-state index is 12.3. The third kappa shape index (κ3) is 4.94. The summed E-state index contributed by atoms with van der Waals surface area (Å²) in [4.78, 5) is 12.3. The van der Waals surface area contributed by atoms with E-state index in [9.17, 15) is 20.1 Å². The van der Waals surface area contributed by atoms with Crippen LogP contribution in [0.5, 0.6) is 0 Å². The standard InChI is InChI=1S/C29H44O4/c1-4-26(32)29(14-15-29)27(33)12-7-19(2)24-10-11-25-21(6-5-13-28(24,25)3)9-8-20-16-22(30)18-23(31)17-20/h7-9,12,19,22-25,27,30-31,33H,4-6,10-11,13-18H2,1-3H3/b12-7+,21-9+/t19-,22-,23-,24-,25+,27-,28-/m1/s1. The molecule has 0 aliphatic heterocycles. The van der Waals surface area contributed by atoms with Gasteiger partial charge in [-0.3, -0.25) is 4.79 Å². The van der Waals surface area contributed by atoms with E-state index >= 15 is 0 Å². The van der Waals surface area contributed by atoms with Crippen LogP contribution in [0.15, 0.2) is 35.5 Å². The number of hydrogen-bond donors (Lipinski definition) is 3. The highest BCUT2D eigenvalue weighted by Crippen LogP contribution is 2.59. The molecule has 7 atom stereocenters. The molecule has 0 amide bonds. The zero-order chi connectivity index (χ0) is 23.8. The molecule has 0 aromatic heterocycles. The molecular weight excluding hydrogens is 412 g/mol. The lowest BCUT2D eigenvalue weighted by molar-refractivity contribution is -0.126. The number of carbonyl (C=O) groups is 1. The van der Waals surface area contributed by atoms with Crippen LogP contribution in [-0.4, -0.2) is 39.4 Å². The van der Waals surface area contributed by atoms with Crippen molar-refractivity contribution in [2.45, 2.75) is 110 Å². The largest absolute Gasteiger partial charge is 0.393 e. The van der Waals surface area contributed by atoms with Crippen LogP contribution in [0, 0.1) is 28.6 Å². The molecular formula is C29H44O4. The van der Waals surface area contributed by atoms with E-state index < -0.39 is 23.7 Å². The topological polar surface area (TPSA) is 77.8 Å². The minimum absolute atomic E-state index is 0.203. The predicted molar refractivity (Wildman–Crippen MR) is 131 cm³/mol. The number of hydrogen-bond acceptors (Lipinski definition) is 4. The van der Waals surface area contributed by atoms with Gasteiger partial charge in [-0.1, -0.05) is 56.2 Å². The Morgan fingerprint density at radius 1 is 1.09 bits per heavy atom. The molecule has 4 rings (SSSR count). The lowest BCUT2D eigenvalue weighted by Gasteiger charge is -2.44. The van der Waals surface area contributed by atoms with Gasteiger partial charge in [0.2, 0.25) is 0 Å². The second-order valence-corrected chi connectivity index (χ2v) is 11.7. The SMILES string of the molecule is CCC(=O)C1([C@H](O)/C=C/[C@@H](C)[C@H]2CC[C@H]3/C(=C/C=C4C[C@@H](O)C[C@H](O)C4)CCC[C@]23C)CC1. The number of allylic oxidation sites excluding steroid dienone is 4. The summed E-state index contributed by atoms with van der Waals surface area (Å²) in [5, 5.41) is 30.7. The summed E-state index contributed by atoms with van der Waals surface area (Å²) in [5.41, 5.74) is 2.47. The zero-order valence-electron chi connectivity index (χ0n) is 20.8. The lowest BCUT2D eigenvalue weighted by atomic mass is 9.61. The highest BCUT2D eigenvalue weighted by molar-refractivity contribution is 5.88. The summed E-state index contributed by atoms with van der Waals surface area (Å²) in [5.74, 6) is 1.75. The van der Waals surface area contributed by atoms with Gasteiger partial charge in [-0.2, -0.15) is 0 Å².